The lowest BCUT2D eigenvalue weighted by molar-refractivity contribution is -0.274. The zero-order valence-electron chi connectivity index (χ0n) is 11.5. The van der Waals surface area contributed by atoms with Crippen LogP contribution in [0.2, 0.25) is 0 Å². The second-order valence-electron chi connectivity index (χ2n) is 5.11. The van der Waals surface area contributed by atoms with Gasteiger partial charge in [0.2, 0.25) is 0 Å². The predicted octanol–water partition coefficient (Wildman–Crippen LogP) is 3.41. The number of hydrogen-bond donors (Lipinski definition) is 1. The molecule has 0 saturated heterocycles. The van der Waals surface area contributed by atoms with E-state index >= 15 is 0 Å². The summed E-state index contributed by atoms with van der Waals surface area (Å²) in [6.45, 7) is -0.121. The van der Waals surface area contributed by atoms with Gasteiger partial charge < -0.3 is 9.84 Å². The van der Waals surface area contributed by atoms with Crippen molar-refractivity contribution in [2.45, 2.75) is 31.7 Å². The van der Waals surface area contributed by atoms with Crippen molar-refractivity contribution >= 4 is 0 Å². The number of halogens is 3. The van der Waals surface area contributed by atoms with Gasteiger partial charge in [0.15, 0.2) is 5.82 Å². The summed E-state index contributed by atoms with van der Waals surface area (Å²) in [4.78, 5) is 8.61. The topological polar surface area (TPSA) is 55.2 Å². The first-order valence-electron chi connectivity index (χ1n) is 6.79. The third-order valence-electron chi connectivity index (χ3n) is 3.38. The van der Waals surface area contributed by atoms with Crippen LogP contribution in [0.3, 0.4) is 0 Å². The third kappa shape index (κ3) is 3.36. The summed E-state index contributed by atoms with van der Waals surface area (Å²) < 4.78 is 40.2. The standard InChI is InChI=1S/C15H13F3N2O2/c16-15(17,18)22-12-5-3-10(4-6-12)14-19-7-11(8-21)13(20-14)9-1-2-9/h3-7,9,21H,1-2,8H2. The van der Waals surface area contributed by atoms with E-state index in [-0.39, 0.29) is 12.4 Å². The number of hydrogen-bond acceptors (Lipinski definition) is 4. The molecule has 22 heavy (non-hydrogen) atoms. The first kappa shape index (κ1) is 14.8. The van der Waals surface area contributed by atoms with Crippen molar-refractivity contribution in [3.05, 3.63) is 41.7 Å². The number of alkyl halides is 3. The van der Waals surface area contributed by atoms with E-state index in [1.807, 2.05) is 0 Å². The largest absolute Gasteiger partial charge is 0.573 e. The van der Waals surface area contributed by atoms with Gasteiger partial charge in [-0.05, 0) is 37.1 Å². The lowest BCUT2D eigenvalue weighted by atomic mass is 10.1. The molecule has 0 aliphatic heterocycles. The average molecular weight is 310 g/mol. The number of rotatable bonds is 4. The molecule has 2 aromatic rings. The van der Waals surface area contributed by atoms with Gasteiger partial charge in [0, 0.05) is 23.2 Å². The molecule has 1 aliphatic carbocycles. The van der Waals surface area contributed by atoms with Crippen molar-refractivity contribution in [1.29, 1.82) is 0 Å². The SMILES string of the molecule is OCc1cnc(-c2ccc(OC(F)(F)F)cc2)nc1C1CC1. The highest BCUT2D eigenvalue weighted by Crippen LogP contribution is 2.41. The summed E-state index contributed by atoms with van der Waals surface area (Å²) in [6.07, 6.45) is -1.08. The van der Waals surface area contributed by atoms with Gasteiger partial charge in [0.25, 0.3) is 0 Å². The number of aromatic nitrogens is 2. The summed E-state index contributed by atoms with van der Waals surface area (Å²) in [5.74, 6) is 0.486. The smallest absolute Gasteiger partial charge is 0.406 e. The van der Waals surface area contributed by atoms with Crippen molar-refractivity contribution in [3.63, 3.8) is 0 Å². The molecule has 1 aromatic heterocycles. The third-order valence-corrected chi connectivity index (χ3v) is 3.38. The molecule has 0 amide bonds. The van der Waals surface area contributed by atoms with Crippen molar-refractivity contribution < 1.29 is 23.0 Å². The van der Waals surface area contributed by atoms with Crippen LogP contribution in [0.5, 0.6) is 5.75 Å². The normalized spacial score (nSPS) is 14.9. The van der Waals surface area contributed by atoms with Crippen LogP contribution >= 0.6 is 0 Å². The summed E-state index contributed by atoms with van der Waals surface area (Å²) >= 11 is 0. The van der Waals surface area contributed by atoms with E-state index in [9.17, 15) is 18.3 Å². The van der Waals surface area contributed by atoms with Crippen molar-refractivity contribution in [2.75, 3.05) is 0 Å². The number of ether oxygens (including phenoxy) is 1. The fraction of sp³-hybridized carbons (Fsp3) is 0.333. The summed E-state index contributed by atoms with van der Waals surface area (Å²) in [7, 11) is 0. The van der Waals surface area contributed by atoms with Crippen molar-refractivity contribution in [1.82, 2.24) is 9.97 Å². The minimum atomic E-state index is -4.71. The quantitative estimate of drug-likeness (QED) is 0.940. The van der Waals surface area contributed by atoms with Crippen LogP contribution in [0.4, 0.5) is 13.2 Å². The summed E-state index contributed by atoms with van der Waals surface area (Å²) in [5, 5.41) is 9.30. The highest BCUT2D eigenvalue weighted by molar-refractivity contribution is 5.56. The Morgan fingerprint density at radius 1 is 1.18 bits per heavy atom. The Hall–Kier alpha value is -2.15. The fourth-order valence-corrected chi connectivity index (χ4v) is 2.20. The molecule has 0 bridgehead atoms. The Bertz CT molecular complexity index is 667. The molecule has 4 nitrogen and oxygen atoms in total. The van der Waals surface area contributed by atoms with E-state index in [1.54, 1.807) is 6.20 Å². The van der Waals surface area contributed by atoms with Crippen molar-refractivity contribution in [3.8, 4) is 17.1 Å². The van der Waals surface area contributed by atoms with Gasteiger partial charge in [-0.2, -0.15) is 0 Å². The minimum Gasteiger partial charge on any atom is -0.406 e. The molecule has 1 aromatic carbocycles. The van der Waals surface area contributed by atoms with Gasteiger partial charge in [-0.25, -0.2) is 9.97 Å². The second kappa shape index (κ2) is 5.57. The van der Waals surface area contributed by atoms with E-state index in [0.29, 0.717) is 22.9 Å². The zero-order valence-corrected chi connectivity index (χ0v) is 11.5. The molecule has 3 rings (SSSR count). The van der Waals surface area contributed by atoms with E-state index in [4.69, 9.17) is 0 Å². The molecule has 1 saturated carbocycles. The highest BCUT2D eigenvalue weighted by atomic mass is 19.4. The van der Waals surface area contributed by atoms with Gasteiger partial charge in [-0.1, -0.05) is 0 Å². The lowest BCUT2D eigenvalue weighted by Gasteiger charge is -2.10. The molecule has 7 heteroatoms. The highest BCUT2D eigenvalue weighted by Gasteiger charge is 2.31. The second-order valence-corrected chi connectivity index (χ2v) is 5.11. The summed E-state index contributed by atoms with van der Waals surface area (Å²) in [5.41, 5.74) is 2.12. The van der Waals surface area contributed by atoms with Crippen LogP contribution in [-0.2, 0) is 6.61 Å². The van der Waals surface area contributed by atoms with Crippen LogP contribution in [0.1, 0.15) is 30.0 Å². The van der Waals surface area contributed by atoms with Crippen LogP contribution < -0.4 is 4.74 Å². The molecular weight excluding hydrogens is 297 g/mol. The molecule has 0 radical (unpaired) electrons. The summed E-state index contributed by atoms with van der Waals surface area (Å²) in [6, 6.07) is 5.41. The van der Waals surface area contributed by atoms with E-state index < -0.39 is 6.36 Å². The number of benzene rings is 1. The molecule has 1 fully saturated rings. The first-order chi connectivity index (χ1) is 10.5. The lowest BCUT2D eigenvalue weighted by Crippen LogP contribution is -2.16. The minimum absolute atomic E-state index is 0.121. The Morgan fingerprint density at radius 2 is 1.86 bits per heavy atom. The molecule has 0 unspecified atom stereocenters. The maximum atomic E-state index is 12.1. The Kier molecular flexibility index (Phi) is 3.74. The zero-order chi connectivity index (χ0) is 15.7. The van der Waals surface area contributed by atoms with Gasteiger partial charge in [-0.3, -0.25) is 0 Å². The molecule has 1 N–H and O–H groups in total. The average Bonchev–Trinajstić information content (AvgIpc) is 3.30. The molecule has 1 heterocycles. The maximum absolute atomic E-state index is 12.1. The Balaban J connectivity index is 1.86. The van der Waals surface area contributed by atoms with E-state index in [2.05, 4.69) is 14.7 Å². The molecule has 1 aliphatic rings. The molecule has 116 valence electrons. The van der Waals surface area contributed by atoms with Crippen LogP contribution in [-0.4, -0.2) is 21.4 Å². The van der Waals surface area contributed by atoms with Crippen LogP contribution in [0.15, 0.2) is 30.5 Å². The maximum Gasteiger partial charge on any atom is 0.573 e. The van der Waals surface area contributed by atoms with E-state index in [1.165, 1.54) is 24.3 Å². The van der Waals surface area contributed by atoms with Crippen molar-refractivity contribution in [2.24, 2.45) is 0 Å². The first-order valence-corrected chi connectivity index (χ1v) is 6.79. The van der Waals surface area contributed by atoms with Gasteiger partial charge in [0.05, 0.1) is 12.3 Å². The van der Waals surface area contributed by atoms with Crippen LogP contribution in [0, 0.1) is 0 Å². The molecular formula is C15H13F3N2O2. The Morgan fingerprint density at radius 3 is 2.41 bits per heavy atom. The number of nitrogens with zero attached hydrogens (tertiary/aromatic N) is 2. The predicted molar refractivity (Wildman–Crippen MR) is 72.0 cm³/mol. The molecule has 0 atom stereocenters. The fourth-order valence-electron chi connectivity index (χ4n) is 2.20. The monoisotopic (exact) mass is 310 g/mol. The van der Waals surface area contributed by atoms with Gasteiger partial charge in [0.1, 0.15) is 5.75 Å². The van der Waals surface area contributed by atoms with Crippen LogP contribution in [0.25, 0.3) is 11.4 Å². The number of aliphatic hydroxyl groups excluding tert-OH is 1. The van der Waals surface area contributed by atoms with Gasteiger partial charge >= 0.3 is 6.36 Å². The molecule has 0 spiro atoms. The Labute approximate surface area is 124 Å². The van der Waals surface area contributed by atoms with E-state index in [0.717, 1.165) is 18.5 Å². The van der Waals surface area contributed by atoms with Gasteiger partial charge in [-0.15, -0.1) is 13.2 Å². The number of aliphatic hydroxyl groups is 1.